The van der Waals surface area contributed by atoms with Crippen molar-refractivity contribution in [2.75, 3.05) is 0 Å². The second-order valence-corrected chi connectivity index (χ2v) is 12.6. The molecular formula is C44H29N7. The average molecular weight is 656 g/mol. The highest BCUT2D eigenvalue weighted by molar-refractivity contribution is 6.19. The summed E-state index contributed by atoms with van der Waals surface area (Å²) < 4.78 is 4.57. The van der Waals surface area contributed by atoms with Crippen molar-refractivity contribution in [3.8, 4) is 22.6 Å². The summed E-state index contributed by atoms with van der Waals surface area (Å²) in [5.41, 5.74) is 10.8. The molecule has 4 aromatic heterocycles. The Balaban J connectivity index is 1.23. The lowest BCUT2D eigenvalue weighted by molar-refractivity contribution is 1.13. The highest BCUT2D eigenvalue weighted by atomic mass is 15.0. The number of hydrogen-bond acceptors (Lipinski definition) is 3. The molecule has 4 heterocycles. The molecule has 6 aromatic carbocycles. The van der Waals surface area contributed by atoms with Gasteiger partial charge >= 0.3 is 0 Å². The first-order valence-electron chi connectivity index (χ1n) is 16.9. The van der Waals surface area contributed by atoms with Gasteiger partial charge in [-0.1, -0.05) is 91.0 Å². The summed E-state index contributed by atoms with van der Waals surface area (Å²) in [5.74, 6) is 0.135. The van der Waals surface area contributed by atoms with E-state index >= 15 is 0 Å². The van der Waals surface area contributed by atoms with E-state index in [9.17, 15) is 5.41 Å². The van der Waals surface area contributed by atoms with Crippen molar-refractivity contribution in [1.82, 2.24) is 24.1 Å². The first-order chi connectivity index (χ1) is 25.2. The number of benzene rings is 6. The minimum atomic E-state index is 0.135. The molecule has 0 spiro atoms. The summed E-state index contributed by atoms with van der Waals surface area (Å²) >= 11 is 0. The zero-order valence-corrected chi connectivity index (χ0v) is 27.3. The normalized spacial score (nSPS) is 12.1. The van der Waals surface area contributed by atoms with Gasteiger partial charge in [-0.2, -0.15) is 0 Å². The predicted molar refractivity (Wildman–Crippen MR) is 207 cm³/mol. The molecular weight excluding hydrogens is 627 g/mol. The Morgan fingerprint density at radius 3 is 2.00 bits per heavy atom. The van der Waals surface area contributed by atoms with E-state index in [-0.39, 0.29) is 5.84 Å². The zero-order chi connectivity index (χ0) is 33.9. The SMILES string of the molecule is N=C(N=c1[nH]c2ccccc2nc1-c1ccccc1)c1ccccc1-n1c2ccccc2c2cc3c(cc21)c1ccccc1n3-c1cccnc1. The molecule has 10 aromatic rings. The zero-order valence-electron chi connectivity index (χ0n) is 27.3. The molecule has 0 unspecified atom stereocenters. The van der Waals surface area contributed by atoms with Gasteiger partial charge in [0.2, 0.25) is 0 Å². The van der Waals surface area contributed by atoms with Crippen LogP contribution in [0.4, 0.5) is 0 Å². The van der Waals surface area contributed by atoms with E-state index in [2.05, 4.69) is 91.9 Å². The second-order valence-electron chi connectivity index (χ2n) is 12.6. The number of pyridine rings is 1. The molecule has 0 radical (unpaired) electrons. The predicted octanol–water partition coefficient (Wildman–Crippen LogP) is 9.75. The van der Waals surface area contributed by atoms with Gasteiger partial charge in [-0.15, -0.1) is 0 Å². The molecule has 0 amide bonds. The van der Waals surface area contributed by atoms with E-state index in [1.54, 1.807) is 0 Å². The fraction of sp³-hybridized carbons (Fsp3) is 0. The quantitative estimate of drug-likeness (QED) is 0.146. The van der Waals surface area contributed by atoms with Gasteiger partial charge in [-0.05, 0) is 60.7 Å². The van der Waals surface area contributed by atoms with Crippen molar-refractivity contribution in [2.45, 2.75) is 0 Å². The Kier molecular flexibility index (Phi) is 6.50. The Bertz CT molecular complexity index is 3040. The van der Waals surface area contributed by atoms with Crippen LogP contribution in [0, 0.1) is 5.41 Å². The van der Waals surface area contributed by atoms with Gasteiger partial charge in [0.25, 0.3) is 0 Å². The van der Waals surface area contributed by atoms with Gasteiger partial charge in [0, 0.05) is 38.9 Å². The van der Waals surface area contributed by atoms with Crippen LogP contribution in [0.15, 0.2) is 169 Å². The number of nitrogens with zero attached hydrogens (tertiary/aromatic N) is 5. The Morgan fingerprint density at radius 2 is 1.24 bits per heavy atom. The Morgan fingerprint density at radius 1 is 0.588 bits per heavy atom. The number of hydrogen-bond donors (Lipinski definition) is 2. The van der Waals surface area contributed by atoms with Crippen LogP contribution < -0.4 is 5.49 Å². The van der Waals surface area contributed by atoms with Crippen molar-refractivity contribution in [2.24, 2.45) is 4.99 Å². The standard InChI is InChI=1S/C44H29N7/c45-43(49-44-42(28-13-2-1-3-14-28)47-35-19-7-8-20-36(35)48-44)32-18-6-11-23-39(32)51-38-22-10-5-17-31(38)34-25-40-33(26-41(34)51)30-16-4-9-21-37(30)50(40)29-15-12-24-46-27-29/h1-27H,(H2,45,48,49). The number of aromatic amines is 1. The van der Waals surface area contributed by atoms with Crippen LogP contribution >= 0.6 is 0 Å². The molecule has 0 saturated carbocycles. The maximum absolute atomic E-state index is 9.49. The summed E-state index contributed by atoms with van der Waals surface area (Å²) in [7, 11) is 0. The van der Waals surface area contributed by atoms with E-state index in [4.69, 9.17) is 9.98 Å². The van der Waals surface area contributed by atoms with Gasteiger partial charge in [0.05, 0.1) is 50.7 Å². The van der Waals surface area contributed by atoms with E-state index in [0.717, 1.165) is 66.2 Å². The van der Waals surface area contributed by atoms with Crippen molar-refractivity contribution in [3.63, 3.8) is 0 Å². The number of nitrogens with one attached hydrogen (secondary N) is 2. The van der Waals surface area contributed by atoms with Crippen molar-refractivity contribution in [3.05, 3.63) is 175 Å². The van der Waals surface area contributed by atoms with E-state index in [0.29, 0.717) is 16.7 Å². The lowest BCUT2D eigenvalue weighted by Crippen LogP contribution is -2.17. The van der Waals surface area contributed by atoms with Crippen LogP contribution in [0.1, 0.15) is 5.56 Å². The van der Waals surface area contributed by atoms with Crippen molar-refractivity contribution >= 4 is 60.5 Å². The molecule has 0 aliphatic heterocycles. The molecule has 0 saturated heterocycles. The van der Waals surface area contributed by atoms with Gasteiger partial charge in [-0.25, -0.2) is 9.98 Å². The maximum Gasteiger partial charge on any atom is 0.159 e. The molecule has 7 nitrogen and oxygen atoms in total. The number of rotatable bonds is 4. The molecule has 240 valence electrons. The third-order valence-corrected chi connectivity index (χ3v) is 9.65. The molecule has 2 N–H and O–H groups in total. The van der Waals surface area contributed by atoms with Crippen LogP contribution in [0.3, 0.4) is 0 Å². The number of aromatic nitrogens is 5. The third kappa shape index (κ3) is 4.60. The van der Waals surface area contributed by atoms with Crippen LogP contribution in [0.2, 0.25) is 0 Å². The van der Waals surface area contributed by atoms with Crippen molar-refractivity contribution < 1.29 is 0 Å². The van der Waals surface area contributed by atoms with Gasteiger partial charge in [0.1, 0.15) is 5.69 Å². The molecule has 10 rings (SSSR count). The van der Waals surface area contributed by atoms with E-state index in [1.807, 2.05) is 91.3 Å². The van der Waals surface area contributed by atoms with E-state index < -0.39 is 0 Å². The average Bonchev–Trinajstić information content (AvgIpc) is 3.69. The maximum atomic E-state index is 9.49. The fourth-order valence-corrected chi connectivity index (χ4v) is 7.41. The number of para-hydroxylation sites is 5. The Labute approximate surface area is 292 Å². The van der Waals surface area contributed by atoms with Gasteiger partial charge in [0.15, 0.2) is 11.3 Å². The largest absolute Gasteiger partial charge is 0.337 e. The van der Waals surface area contributed by atoms with Gasteiger partial charge < -0.3 is 14.1 Å². The minimum absolute atomic E-state index is 0.135. The van der Waals surface area contributed by atoms with Crippen LogP contribution in [-0.4, -0.2) is 29.9 Å². The second kappa shape index (κ2) is 11.5. The molecule has 0 fully saturated rings. The molecule has 51 heavy (non-hydrogen) atoms. The number of fused-ring (bicyclic) bond motifs is 7. The highest BCUT2D eigenvalue weighted by Gasteiger charge is 2.20. The number of amidine groups is 1. The van der Waals surface area contributed by atoms with Crippen LogP contribution in [0.25, 0.3) is 77.3 Å². The third-order valence-electron chi connectivity index (χ3n) is 9.65. The first-order valence-corrected chi connectivity index (χ1v) is 16.9. The fourth-order valence-electron chi connectivity index (χ4n) is 7.41. The monoisotopic (exact) mass is 655 g/mol. The molecule has 0 atom stereocenters. The highest BCUT2D eigenvalue weighted by Crippen LogP contribution is 2.40. The summed E-state index contributed by atoms with van der Waals surface area (Å²) in [6.07, 6.45) is 3.72. The lowest BCUT2D eigenvalue weighted by Gasteiger charge is -2.13. The van der Waals surface area contributed by atoms with Crippen LogP contribution in [0.5, 0.6) is 0 Å². The van der Waals surface area contributed by atoms with E-state index in [1.165, 1.54) is 5.39 Å². The molecule has 7 heteroatoms. The smallest absolute Gasteiger partial charge is 0.159 e. The first kappa shape index (κ1) is 28.9. The molecule has 0 aliphatic carbocycles. The summed E-state index contributed by atoms with van der Waals surface area (Å²) in [5, 5.41) is 14.1. The van der Waals surface area contributed by atoms with Gasteiger partial charge in [-0.3, -0.25) is 10.4 Å². The summed E-state index contributed by atoms with van der Waals surface area (Å²) in [6, 6.07) is 51.7. The van der Waals surface area contributed by atoms with Crippen molar-refractivity contribution in [1.29, 1.82) is 5.41 Å². The molecule has 0 aliphatic rings. The molecule has 0 bridgehead atoms. The summed E-state index contributed by atoms with van der Waals surface area (Å²) in [4.78, 5) is 17.9. The number of H-pyrrole nitrogens is 1. The van der Waals surface area contributed by atoms with Crippen LogP contribution in [-0.2, 0) is 0 Å². The minimum Gasteiger partial charge on any atom is -0.337 e. The lowest BCUT2D eigenvalue weighted by atomic mass is 10.1. The topological polar surface area (TPSA) is 87.6 Å². The Hall–Kier alpha value is -7.12. The summed E-state index contributed by atoms with van der Waals surface area (Å²) in [6.45, 7) is 0.